The average molecular weight is 356 g/mol. The van der Waals surface area contributed by atoms with Crippen LogP contribution in [0.2, 0.25) is 0 Å². The fourth-order valence-corrected chi connectivity index (χ4v) is 2.89. The van der Waals surface area contributed by atoms with E-state index in [-0.39, 0.29) is 30.2 Å². The molecule has 0 aliphatic carbocycles. The Bertz CT molecular complexity index is 788. The molecule has 2 amide bonds. The molecule has 0 saturated carbocycles. The largest absolute Gasteiger partial charge is 0.491 e. The Morgan fingerprint density at radius 3 is 2.42 bits per heavy atom. The Hall–Kier alpha value is -2.89. The standard InChI is InChI=1S/C20H21FN2O3/c1-13(2)26-18-9-7-17(8-10-18)23-12-14(11-19(23)24)20(25)22-16-5-3-15(21)4-6-16/h3-10,13-14H,11-12H2,1-2H3,(H,22,25)/t14-/m1/s1. The minimum Gasteiger partial charge on any atom is -0.491 e. The van der Waals surface area contributed by atoms with Crippen molar-refractivity contribution >= 4 is 23.2 Å². The highest BCUT2D eigenvalue weighted by Gasteiger charge is 2.35. The Labute approximate surface area is 151 Å². The molecule has 2 aromatic rings. The van der Waals surface area contributed by atoms with Gasteiger partial charge >= 0.3 is 0 Å². The number of amides is 2. The zero-order valence-electron chi connectivity index (χ0n) is 14.7. The minimum absolute atomic E-state index is 0.0776. The van der Waals surface area contributed by atoms with E-state index in [4.69, 9.17) is 4.74 Å². The monoisotopic (exact) mass is 356 g/mol. The zero-order chi connectivity index (χ0) is 18.7. The average Bonchev–Trinajstić information content (AvgIpc) is 2.99. The van der Waals surface area contributed by atoms with Crippen molar-refractivity contribution in [1.29, 1.82) is 0 Å². The third-order valence-corrected chi connectivity index (χ3v) is 4.13. The van der Waals surface area contributed by atoms with Crippen molar-refractivity contribution in [1.82, 2.24) is 0 Å². The summed E-state index contributed by atoms with van der Waals surface area (Å²) in [6.45, 7) is 4.21. The van der Waals surface area contributed by atoms with Gasteiger partial charge in [-0.15, -0.1) is 0 Å². The van der Waals surface area contributed by atoms with E-state index in [1.807, 2.05) is 38.1 Å². The van der Waals surface area contributed by atoms with Crippen LogP contribution in [0.5, 0.6) is 5.75 Å². The van der Waals surface area contributed by atoms with Gasteiger partial charge in [-0.2, -0.15) is 0 Å². The summed E-state index contributed by atoms with van der Waals surface area (Å²) in [5, 5.41) is 2.73. The Kier molecular flexibility index (Phi) is 5.21. The lowest BCUT2D eigenvalue weighted by molar-refractivity contribution is -0.122. The number of nitrogens with one attached hydrogen (secondary N) is 1. The third-order valence-electron chi connectivity index (χ3n) is 4.13. The fraction of sp³-hybridized carbons (Fsp3) is 0.300. The molecule has 1 aliphatic rings. The Morgan fingerprint density at radius 1 is 1.15 bits per heavy atom. The number of hydrogen-bond donors (Lipinski definition) is 1. The van der Waals surface area contributed by atoms with E-state index in [0.29, 0.717) is 12.2 Å². The van der Waals surface area contributed by atoms with Gasteiger partial charge in [0.1, 0.15) is 11.6 Å². The number of rotatable bonds is 5. The topological polar surface area (TPSA) is 58.6 Å². The molecule has 1 aliphatic heterocycles. The van der Waals surface area contributed by atoms with Crippen LogP contribution >= 0.6 is 0 Å². The number of nitrogens with zero attached hydrogens (tertiary/aromatic N) is 1. The number of halogens is 1. The number of carbonyl (C=O) groups is 2. The van der Waals surface area contributed by atoms with Crippen LogP contribution in [-0.4, -0.2) is 24.5 Å². The van der Waals surface area contributed by atoms with Crippen molar-refractivity contribution in [3.05, 3.63) is 54.3 Å². The molecule has 1 atom stereocenters. The molecule has 1 saturated heterocycles. The van der Waals surface area contributed by atoms with Crippen LogP contribution in [-0.2, 0) is 9.59 Å². The number of hydrogen-bond acceptors (Lipinski definition) is 3. The number of anilines is 2. The van der Waals surface area contributed by atoms with Gasteiger partial charge < -0.3 is 15.0 Å². The summed E-state index contributed by atoms with van der Waals surface area (Å²) in [6.07, 6.45) is 0.228. The van der Waals surface area contributed by atoms with Gasteiger partial charge in [-0.1, -0.05) is 0 Å². The molecular formula is C20H21FN2O3. The van der Waals surface area contributed by atoms with E-state index < -0.39 is 5.92 Å². The second-order valence-corrected chi connectivity index (χ2v) is 6.56. The summed E-state index contributed by atoms with van der Waals surface area (Å²) >= 11 is 0. The van der Waals surface area contributed by atoms with Crippen LogP contribution in [0, 0.1) is 11.7 Å². The van der Waals surface area contributed by atoms with Crippen molar-refractivity contribution in [2.45, 2.75) is 26.4 Å². The van der Waals surface area contributed by atoms with Gasteiger partial charge in [-0.3, -0.25) is 9.59 Å². The third kappa shape index (κ3) is 4.20. The first kappa shape index (κ1) is 17.9. The highest BCUT2D eigenvalue weighted by molar-refractivity contribution is 6.03. The van der Waals surface area contributed by atoms with Crippen LogP contribution in [0.4, 0.5) is 15.8 Å². The lowest BCUT2D eigenvalue weighted by Crippen LogP contribution is -2.28. The van der Waals surface area contributed by atoms with Gasteiger partial charge in [0.2, 0.25) is 11.8 Å². The maximum absolute atomic E-state index is 12.9. The minimum atomic E-state index is -0.445. The molecule has 1 heterocycles. The van der Waals surface area contributed by atoms with Gasteiger partial charge in [0.15, 0.2) is 0 Å². The second-order valence-electron chi connectivity index (χ2n) is 6.56. The quantitative estimate of drug-likeness (QED) is 0.890. The van der Waals surface area contributed by atoms with E-state index in [1.54, 1.807) is 4.90 Å². The van der Waals surface area contributed by atoms with Crippen LogP contribution in [0.3, 0.4) is 0 Å². The van der Waals surface area contributed by atoms with Crippen molar-refractivity contribution in [2.24, 2.45) is 5.92 Å². The highest BCUT2D eigenvalue weighted by atomic mass is 19.1. The molecular weight excluding hydrogens is 335 g/mol. The first-order valence-corrected chi connectivity index (χ1v) is 8.56. The van der Waals surface area contributed by atoms with Crippen LogP contribution in [0.25, 0.3) is 0 Å². The van der Waals surface area contributed by atoms with E-state index in [9.17, 15) is 14.0 Å². The molecule has 0 spiro atoms. The van der Waals surface area contributed by atoms with Crippen molar-refractivity contribution in [3.8, 4) is 5.75 Å². The smallest absolute Gasteiger partial charge is 0.229 e. The summed E-state index contributed by atoms with van der Waals surface area (Å²) in [6, 6.07) is 12.8. The van der Waals surface area contributed by atoms with Gasteiger partial charge in [0.05, 0.1) is 12.0 Å². The van der Waals surface area contributed by atoms with Crippen LogP contribution < -0.4 is 15.0 Å². The molecule has 2 aromatic carbocycles. The molecule has 26 heavy (non-hydrogen) atoms. The first-order chi connectivity index (χ1) is 12.4. The van der Waals surface area contributed by atoms with E-state index in [2.05, 4.69) is 5.32 Å². The predicted octanol–water partition coefficient (Wildman–Crippen LogP) is 3.60. The number of ether oxygens (including phenoxy) is 1. The van der Waals surface area contributed by atoms with Gasteiger partial charge in [-0.05, 0) is 62.4 Å². The molecule has 0 aromatic heterocycles. The maximum Gasteiger partial charge on any atom is 0.229 e. The lowest BCUT2D eigenvalue weighted by atomic mass is 10.1. The highest BCUT2D eigenvalue weighted by Crippen LogP contribution is 2.28. The molecule has 136 valence electrons. The summed E-state index contributed by atoms with van der Waals surface area (Å²) in [4.78, 5) is 26.3. The molecule has 5 nitrogen and oxygen atoms in total. The Balaban J connectivity index is 1.64. The first-order valence-electron chi connectivity index (χ1n) is 8.56. The second kappa shape index (κ2) is 7.56. The summed E-state index contributed by atoms with van der Waals surface area (Å²) < 4.78 is 18.5. The molecule has 0 radical (unpaired) electrons. The fourth-order valence-electron chi connectivity index (χ4n) is 2.89. The summed E-state index contributed by atoms with van der Waals surface area (Å²) in [5.41, 5.74) is 1.25. The van der Waals surface area contributed by atoms with Crippen molar-refractivity contribution in [3.63, 3.8) is 0 Å². The van der Waals surface area contributed by atoms with E-state index >= 15 is 0 Å². The van der Waals surface area contributed by atoms with E-state index in [1.165, 1.54) is 24.3 Å². The number of carbonyl (C=O) groups excluding carboxylic acids is 2. The van der Waals surface area contributed by atoms with Crippen LogP contribution in [0.15, 0.2) is 48.5 Å². The van der Waals surface area contributed by atoms with Crippen LogP contribution in [0.1, 0.15) is 20.3 Å². The van der Waals surface area contributed by atoms with Gasteiger partial charge in [0, 0.05) is 24.3 Å². The summed E-state index contributed by atoms with van der Waals surface area (Å²) in [5.74, 6) is -0.413. The summed E-state index contributed by atoms with van der Waals surface area (Å²) in [7, 11) is 0. The molecule has 3 rings (SSSR count). The Morgan fingerprint density at radius 2 is 1.81 bits per heavy atom. The normalized spacial score (nSPS) is 16.8. The molecule has 6 heteroatoms. The number of benzene rings is 2. The van der Waals surface area contributed by atoms with E-state index in [0.717, 1.165) is 11.4 Å². The van der Waals surface area contributed by atoms with Gasteiger partial charge in [-0.25, -0.2) is 4.39 Å². The molecule has 1 N–H and O–H groups in total. The maximum atomic E-state index is 12.9. The lowest BCUT2D eigenvalue weighted by Gasteiger charge is -2.18. The molecule has 0 bridgehead atoms. The van der Waals surface area contributed by atoms with Crippen molar-refractivity contribution < 1.29 is 18.7 Å². The SMILES string of the molecule is CC(C)Oc1ccc(N2C[C@H](C(=O)Nc3ccc(F)cc3)CC2=O)cc1. The zero-order valence-corrected chi connectivity index (χ0v) is 14.7. The van der Waals surface area contributed by atoms with Gasteiger partial charge in [0.25, 0.3) is 0 Å². The van der Waals surface area contributed by atoms with Crippen molar-refractivity contribution in [2.75, 3.05) is 16.8 Å². The predicted molar refractivity (Wildman–Crippen MR) is 97.7 cm³/mol. The molecule has 1 fully saturated rings. The molecule has 0 unspecified atom stereocenters.